The van der Waals surface area contributed by atoms with E-state index in [0.717, 1.165) is 31.5 Å². The van der Waals surface area contributed by atoms with Gasteiger partial charge in [0.05, 0.1) is 5.54 Å². The number of rotatable bonds is 8. The molecule has 0 aliphatic rings. The maximum absolute atomic E-state index is 13.0. The molecule has 0 unspecified atom stereocenters. The number of likely N-dealkylation sites (N-methyl/N-ethyl adjacent to an activating group) is 1. The van der Waals surface area contributed by atoms with Gasteiger partial charge >= 0.3 is 0 Å². The van der Waals surface area contributed by atoms with Crippen LogP contribution in [0.3, 0.4) is 0 Å². The minimum atomic E-state index is -0.425. The fourth-order valence-electron chi connectivity index (χ4n) is 3.12. The number of halogens is 2. The van der Waals surface area contributed by atoms with Gasteiger partial charge < -0.3 is 0 Å². The van der Waals surface area contributed by atoms with Crippen LogP contribution in [0.25, 0.3) is 0 Å². The number of Topliss-reactive ketones (excluding diaryl/α,β-unsaturated/α-hetero) is 1. The summed E-state index contributed by atoms with van der Waals surface area (Å²) in [6, 6.07) is 5.37. The summed E-state index contributed by atoms with van der Waals surface area (Å²) in [6.45, 7) is 10.1. The van der Waals surface area contributed by atoms with Crippen LogP contribution in [0, 0.1) is 0 Å². The van der Waals surface area contributed by atoms with Crippen molar-refractivity contribution in [2.24, 2.45) is 0 Å². The highest BCUT2D eigenvalue weighted by atomic mass is 35.5. The van der Waals surface area contributed by atoms with E-state index in [-0.39, 0.29) is 12.2 Å². The summed E-state index contributed by atoms with van der Waals surface area (Å²) in [5.74, 6) is 0.200. The first kappa shape index (κ1) is 18.5. The molecule has 0 bridgehead atoms. The van der Waals surface area contributed by atoms with Gasteiger partial charge in [0.1, 0.15) is 0 Å². The molecule has 0 saturated heterocycles. The molecule has 0 radical (unpaired) electrons. The Hall–Kier alpha value is -0.570. The van der Waals surface area contributed by atoms with Gasteiger partial charge in [-0.3, -0.25) is 9.69 Å². The summed E-state index contributed by atoms with van der Waals surface area (Å²) >= 11 is 12.4. The van der Waals surface area contributed by atoms with E-state index in [1.807, 2.05) is 0 Å². The number of carbonyl (C=O) groups is 1. The zero-order chi connectivity index (χ0) is 16.0. The molecular formula is C17H25Cl2NO. The van der Waals surface area contributed by atoms with Gasteiger partial charge in [-0.1, -0.05) is 57.0 Å². The molecule has 2 nitrogen and oxygen atoms in total. The third kappa shape index (κ3) is 3.80. The third-order valence-corrected chi connectivity index (χ3v) is 5.16. The summed E-state index contributed by atoms with van der Waals surface area (Å²) < 4.78 is 0. The molecule has 0 aliphatic carbocycles. The lowest BCUT2D eigenvalue weighted by molar-refractivity contribution is -0.131. The average molecular weight is 330 g/mol. The van der Waals surface area contributed by atoms with Crippen molar-refractivity contribution in [3.05, 3.63) is 33.8 Å². The first-order valence-electron chi connectivity index (χ1n) is 7.67. The molecule has 0 spiro atoms. The molecule has 4 heteroatoms. The lowest BCUT2D eigenvalue weighted by Crippen LogP contribution is -2.54. The Labute approximate surface area is 138 Å². The molecule has 1 aromatic carbocycles. The lowest BCUT2D eigenvalue weighted by Gasteiger charge is -2.41. The Bertz CT molecular complexity index is 459. The van der Waals surface area contributed by atoms with Crippen LogP contribution in [0.4, 0.5) is 0 Å². The van der Waals surface area contributed by atoms with Crippen molar-refractivity contribution >= 4 is 29.0 Å². The second-order valence-corrected chi connectivity index (χ2v) is 6.03. The predicted octanol–water partition coefficient (Wildman–Crippen LogP) is 5.01. The van der Waals surface area contributed by atoms with Gasteiger partial charge in [-0.2, -0.15) is 0 Å². The monoisotopic (exact) mass is 329 g/mol. The fraction of sp³-hybridized carbons (Fsp3) is 0.588. The van der Waals surface area contributed by atoms with Gasteiger partial charge in [-0.15, -0.1) is 0 Å². The molecule has 1 aromatic rings. The van der Waals surface area contributed by atoms with Crippen molar-refractivity contribution in [2.75, 3.05) is 13.1 Å². The molecule has 0 fully saturated rings. The molecule has 118 valence electrons. The molecule has 0 saturated carbocycles. The molecular weight excluding hydrogens is 305 g/mol. The topological polar surface area (TPSA) is 20.3 Å². The Morgan fingerprint density at radius 1 is 1.05 bits per heavy atom. The van der Waals surface area contributed by atoms with Crippen LogP contribution in [0.2, 0.25) is 10.0 Å². The van der Waals surface area contributed by atoms with Crippen LogP contribution in [0.1, 0.15) is 46.1 Å². The van der Waals surface area contributed by atoms with Crippen molar-refractivity contribution < 1.29 is 4.79 Å². The number of ketones is 1. The first-order chi connectivity index (χ1) is 9.96. The maximum Gasteiger partial charge on any atom is 0.157 e. The van der Waals surface area contributed by atoms with Gasteiger partial charge in [-0.25, -0.2) is 0 Å². The standard InChI is InChI=1S/C17H25Cl2NO/c1-5-17(6-2,20(7-3)8-4)16(21)12-13-14(18)10-9-11-15(13)19/h9-11H,5-8,12H2,1-4H3. The highest BCUT2D eigenvalue weighted by molar-refractivity contribution is 6.36. The van der Waals surface area contributed by atoms with Crippen LogP contribution >= 0.6 is 23.2 Å². The summed E-state index contributed by atoms with van der Waals surface area (Å²) in [7, 11) is 0. The first-order valence-corrected chi connectivity index (χ1v) is 8.43. The minimum Gasteiger partial charge on any atom is -0.297 e. The van der Waals surface area contributed by atoms with Crippen molar-refractivity contribution in [1.82, 2.24) is 4.90 Å². The second-order valence-electron chi connectivity index (χ2n) is 5.21. The van der Waals surface area contributed by atoms with E-state index in [9.17, 15) is 4.79 Å². The van der Waals surface area contributed by atoms with E-state index in [4.69, 9.17) is 23.2 Å². The van der Waals surface area contributed by atoms with E-state index in [2.05, 4.69) is 32.6 Å². The smallest absolute Gasteiger partial charge is 0.157 e. The number of nitrogens with zero attached hydrogens (tertiary/aromatic N) is 1. The summed E-state index contributed by atoms with van der Waals surface area (Å²) in [5.41, 5.74) is 0.315. The molecule has 21 heavy (non-hydrogen) atoms. The zero-order valence-electron chi connectivity index (χ0n) is 13.4. The summed E-state index contributed by atoms with van der Waals surface area (Å²) in [4.78, 5) is 15.3. The molecule has 0 aliphatic heterocycles. The van der Waals surface area contributed by atoms with E-state index in [1.165, 1.54) is 0 Å². The molecule has 0 atom stereocenters. The fourth-order valence-corrected chi connectivity index (χ4v) is 3.65. The molecule has 0 amide bonds. The quantitative estimate of drug-likeness (QED) is 0.668. The molecule has 0 aromatic heterocycles. The summed E-state index contributed by atoms with van der Waals surface area (Å²) in [5, 5.41) is 1.13. The van der Waals surface area contributed by atoms with Crippen molar-refractivity contribution in [3.63, 3.8) is 0 Å². The lowest BCUT2D eigenvalue weighted by atomic mass is 9.83. The maximum atomic E-state index is 13.0. The molecule has 0 heterocycles. The number of hydrogen-bond donors (Lipinski definition) is 0. The van der Waals surface area contributed by atoms with E-state index < -0.39 is 5.54 Å². The van der Waals surface area contributed by atoms with Gasteiger partial charge in [0, 0.05) is 16.5 Å². The van der Waals surface area contributed by atoms with Crippen LogP contribution in [0.5, 0.6) is 0 Å². The summed E-state index contributed by atoms with van der Waals surface area (Å²) in [6.07, 6.45) is 1.88. The van der Waals surface area contributed by atoms with Crippen molar-refractivity contribution in [3.8, 4) is 0 Å². The van der Waals surface area contributed by atoms with Gasteiger partial charge in [-0.05, 0) is 43.6 Å². The van der Waals surface area contributed by atoms with Crippen LogP contribution in [-0.4, -0.2) is 29.3 Å². The van der Waals surface area contributed by atoms with Gasteiger partial charge in [0.2, 0.25) is 0 Å². The van der Waals surface area contributed by atoms with Crippen LogP contribution in [-0.2, 0) is 11.2 Å². The second kappa shape index (κ2) is 8.17. The van der Waals surface area contributed by atoms with E-state index >= 15 is 0 Å². The molecule has 0 N–H and O–H groups in total. The highest BCUT2D eigenvalue weighted by Crippen LogP contribution is 2.31. The largest absolute Gasteiger partial charge is 0.297 e. The Kier molecular flexibility index (Phi) is 7.19. The zero-order valence-corrected chi connectivity index (χ0v) is 14.9. The number of hydrogen-bond acceptors (Lipinski definition) is 2. The minimum absolute atomic E-state index is 0.200. The molecule has 1 rings (SSSR count). The van der Waals surface area contributed by atoms with Crippen molar-refractivity contribution in [1.29, 1.82) is 0 Å². The van der Waals surface area contributed by atoms with Gasteiger partial charge in [0.15, 0.2) is 5.78 Å². The van der Waals surface area contributed by atoms with Crippen LogP contribution in [0.15, 0.2) is 18.2 Å². The normalized spacial score (nSPS) is 12.0. The Balaban J connectivity index is 3.13. The van der Waals surface area contributed by atoms with E-state index in [1.54, 1.807) is 18.2 Å². The van der Waals surface area contributed by atoms with Gasteiger partial charge in [0.25, 0.3) is 0 Å². The third-order valence-electron chi connectivity index (χ3n) is 4.46. The Morgan fingerprint density at radius 2 is 1.52 bits per heavy atom. The Morgan fingerprint density at radius 3 is 1.90 bits per heavy atom. The van der Waals surface area contributed by atoms with Crippen molar-refractivity contribution in [2.45, 2.75) is 52.5 Å². The average Bonchev–Trinajstić information content (AvgIpc) is 2.48. The highest BCUT2D eigenvalue weighted by Gasteiger charge is 2.39. The number of carbonyl (C=O) groups excluding carboxylic acids is 1. The SMILES string of the molecule is CCN(CC)C(CC)(CC)C(=O)Cc1c(Cl)cccc1Cl. The predicted molar refractivity (Wildman–Crippen MR) is 91.4 cm³/mol. The van der Waals surface area contributed by atoms with E-state index in [0.29, 0.717) is 10.0 Å². The number of benzene rings is 1. The van der Waals surface area contributed by atoms with Crippen LogP contribution < -0.4 is 0 Å².